The Bertz CT molecular complexity index is 362. The number of nitrogens with zero attached hydrogens (tertiary/aromatic N) is 1. The van der Waals surface area contributed by atoms with Crippen LogP contribution in [0.4, 0.5) is 8.78 Å². The third kappa shape index (κ3) is 4.08. The quantitative estimate of drug-likeness (QED) is 0.837. The first-order chi connectivity index (χ1) is 8.05. The molecule has 1 aliphatic heterocycles. The molecule has 0 amide bonds. The highest BCUT2D eigenvalue weighted by molar-refractivity contribution is 7.14. The fourth-order valence-corrected chi connectivity index (χ4v) is 2.56. The van der Waals surface area contributed by atoms with Crippen molar-refractivity contribution in [2.45, 2.75) is 18.8 Å². The van der Waals surface area contributed by atoms with E-state index >= 15 is 0 Å². The molecule has 1 aromatic heterocycles. The van der Waals surface area contributed by atoms with Gasteiger partial charge in [-0.2, -0.15) is 0 Å². The monoisotopic (exact) mass is 281 g/mol. The number of rotatable bonds is 4. The molecule has 2 heterocycles. The van der Waals surface area contributed by atoms with Crippen molar-refractivity contribution in [2.75, 3.05) is 26.2 Å². The second-order valence-corrected chi connectivity index (χ2v) is 5.68. The molecule has 0 saturated carbocycles. The molecule has 1 saturated heterocycles. The molecule has 0 radical (unpaired) electrons. The number of alkyl halides is 2. The minimum Gasteiger partial charge on any atom is -0.491 e. The zero-order valence-electron chi connectivity index (χ0n) is 9.29. The van der Waals surface area contributed by atoms with Crippen molar-refractivity contribution < 1.29 is 13.5 Å². The maximum atomic E-state index is 12.9. The molecule has 0 atom stereocenters. The number of hydrogen-bond donors (Lipinski definition) is 0. The van der Waals surface area contributed by atoms with Gasteiger partial charge >= 0.3 is 0 Å². The number of hydrogen-bond acceptors (Lipinski definition) is 3. The summed E-state index contributed by atoms with van der Waals surface area (Å²) in [4.78, 5) is 2.01. The summed E-state index contributed by atoms with van der Waals surface area (Å²) >= 11 is 7.18. The largest absolute Gasteiger partial charge is 0.491 e. The van der Waals surface area contributed by atoms with E-state index in [1.807, 2.05) is 10.3 Å². The molecule has 17 heavy (non-hydrogen) atoms. The Morgan fingerprint density at radius 3 is 2.71 bits per heavy atom. The van der Waals surface area contributed by atoms with Crippen molar-refractivity contribution in [3.8, 4) is 5.75 Å². The van der Waals surface area contributed by atoms with Gasteiger partial charge in [-0.1, -0.05) is 11.6 Å². The second-order valence-electron chi connectivity index (χ2n) is 4.13. The van der Waals surface area contributed by atoms with Crippen LogP contribution in [0.1, 0.15) is 12.8 Å². The number of likely N-dealkylation sites (tertiary alicyclic amines) is 1. The summed E-state index contributed by atoms with van der Waals surface area (Å²) in [6.07, 6.45) is -0.0887. The minimum absolute atomic E-state index is 0.0444. The molecule has 2 rings (SSSR count). The Hall–Kier alpha value is -0.390. The van der Waals surface area contributed by atoms with Gasteiger partial charge in [0.1, 0.15) is 12.4 Å². The van der Waals surface area contributed by atoms with E-state index in [-0.39, 0.29) is 12.8 Å². The van der Waals surface area contributed by atoms with Crippen molar-refractivity contribution >= 4 is 22.9 Å². The van der Waals surface area contributed by atoms with Crippen molar-refractivity contribution in [3.63, 3.8) is 0 Å². The van der Waals surface area contributed by atoms with Crippen molar-refractivity contribution in [3.05, 3.63) is 15.8 Å². The first-order valence-electron chi connectivity index (χ1n) is 5.52. The zero-order valence-corrected chi connectivity index (χ0v) is 10.9. The summed E-state index contributed by atoms with van der Waals surface area (Å²) in [5.74, 6) is -1.72. The van der Waals surface area contributed by atoms with Gasteiger partial charge in [-0.25, -0.2) is 8.78 Å². The molecule has 0 aliphatic carbocycles. The lowest BCUT2D eigenvalue weighted by atomic mass is 10.1. The van der Waals surface area contributed by atoms with Crippen LogP contribution in [0.3, 0.4) is 0 Å². The molecule has 0 aromatic carbocycles. The van der Waals surface area contributed by atoms with Crippen LogP contribution in [-0.2, 0) is 0 Å². The Morgan fingerprint density at radius 2 is 2.12 bits per heavy atom. The number of ether oxygens (including phenoxy) is 1. The lowest BCUT2D eigenvalue weighted by molar-refractivity contribution is -0.0564. The van der Waals surface area contributed by atoms with E-state index < -0.39 is 5.92 Å². The standard InChI is InChI=1S/C11H14ClF2NOS/c12-10-7-9(8-17-10)16-6-5-15-3-1-11(13,14)2-4-15/h7-8H,1-6H2. The normalized spacial score (nSPS) is 20.4. The van der Waals surface area contributed by atoms with Gasteiger partial charge in [0.2, 0.25) is 0 Å². The van der Waals surface area contributed by atoms with Crippen LogP contribution in [0.5, 0.6) is 5.75 Å². The third-order valence-corrected chi connectivity index (χ3v) is 3.88. The lowest BCUT2D eigenvalue weighted by Gasteiger charge is -2.31. The molecule has 1 aromatic rings. The van der Waals surface area contributed by atoms with E-state index in [9.17, 15) is 8.78 Å². The summed E-state index contributed by atoms with van der Waals surface area (Å²) < 4.78 is 32.0. The molecule has 2 nitrogen and oxygen atoms in total. The molecule has 6 heteroatoms. The Morgan fingerprint density at radius 1 is 1.41 bits per heavy atom. The van der Waals surface area contributed by atoms with E-state index in [1.54, 1.807) is 6.07 Å². The van der Waals surface area contributed by atoms with Crippen molar-refractivity contribution in [1.82, 2.24) is 4.90 Å². The Labute approximate surface area is 108 Å². The fourth-order valence-electron chi connectivity index (χ4n) is 1.77. The smallest absolute Gasteiger partial charge is 0.250 e. The Balaban J connectivity index is 1.66. The average molecular weight is 282 g/mol. The van der Waals surface area contributed by atoms with Gasteiger partial charge in [-0.05, 0) is 0 Å². The SMILES string of the molecule is FC1(F)CCN(CCOc2csc(Cl)c2)CC1. The molecule has 0 spiro atoms. The van der Waals surface area contributed by atoms with Gasteiger partial charge < -0.3 is 4.74 Å². The first kappa shape index (κ1) is 13.1. The van der Waals surface area contributed by atoms with Crippen LogP contribution >= 0.6 is 22.9 Å². The zero-order chi connectivity index (χ0) is 12.3. The molecular weight excluding hydrogens is 268 g/mol. The van der Waals surface area contributed by atoms with E-state index in [0.29, 0.717) is 30.6 Å². The predicted octanol–water partition coefficient (Wildman–Crippen LogP) is 3.51. The van der Waals surface area contributed by atoms with E-state index in [4.69, 9.17) is 16.3 Å². The van der Waals surface area contributed by atoms with Gasteiger partial charge in [-0.15, -0.1) is 11.3 Å². The second kappa shape index (κ2) is 5.50. The van der Waals surface area contributed by atoms with E-state index in [0.717, 1.165) is 5.75 Å². The molecular formula is C11H14ClF2NOS. The van der Waals surface area contributed by atoms with Crippen LogP contribution in [-0.4, -0.2) is 37.1 Å². The average Bonchev–Trinajstić information content (AvgIpc) is 2.67. The summed E-state index contributed by atoms with van der Waals surface area (Å²) in [7, 11) is 0. The number of halogens is 3. The van der Waals surface area contributed by atoms with Crippen LogP contribution < -0.4 is 4.74 Å². The van der Waals surface area contributed by atoms with E-state index in [2.05, 4.69) is 0 Å². The molecule has 0 N–H and O–H groups in total. The van der Waals surface area contributed by atoms with Crippen LogP contribution in [0.25, 0.3) is 0 Å². The Kier molecular flexibility index (Phi) is 4.22. The summed E-state index contributed by atoms with van der Waals surface area (Å²) in [5.41, 5.74) is 0. The van der Waals surface area contributed by atoms with Gasteiger partial charge in [0, 0.05) is 43.9 Å². The fraction of sp³-hybridized carbons (Fsp3) is 0.636. The first-order valence-corrected chi connectivity index (χ1v) is 6.78. The molecule has 1 fully saturated rings. The summed E-state index contributed by atoms with van der Waals surface area (Å²) in [5, 5.41) is 1.84. The van der Waals surface area contributed by atoms with Crippen LogP contribution in [0, 0.1) is 0 Å². The highest BCUT2D eigenvalue weighted by Gasteiger charge is 2.33. The highest BCUT2D eigenvalue weighted by Crippen LogP contribution is 2.28. The third-order valence-electron chi connectivity index (χ3n) is 2.81. The summed E-state index contributed by atoms with van der Waals surface area (Å²) in [6, 6.07) is 1.76. The molecule has 96 valence electrons. The van der Waals surface area contributed by atoms with Crippen molar-refractivity contribution in [1.29, 1.82) is 0 Å². The molecule has 0 unspecified atom stereocenters. The lowest BCUT2D eigenvalue weighted by Crippen LogP contribution is -2.41. The van der Waals surface area contributed by atoms with E-state index in [1.165, 1.54) is 11.3 Å². The van der Waals surface area contributed by atoms with Crippen molar-refractivity contribution in [2.24, 2.45) is 0 Å². The number of thiophene rings is 1. The summed E-state index contributed by atoms with van der Waals surface area (Å²) in [6.45, 7) is 2.09. The molecule has 1 aliphatic rings. The minimum atomic E-state index is -2.47. The maximum Gasteiger partial charge on any atom is 0.250 e. The van der Waals surface area contributed by atoms with Gasteiger partial charge in [0.15, 0.2) is 0 Å². The topological polar surface area (TPSA) is 12.5 Å². The van der Waals surface area contributed by atoms with Crippen LogP contribution in [0.15, 0.2) is 11.4 Å². The predicted molar refractivity (Wildman–Crippen MR) is 65.4 cm³/mol. The van der Waals surface area contributed by atoms with Gasteiger partial charge in [0.25, 0.3) is 5.92 Å². The molecule has 0 bridgehead atoms. The van der Waals surface area contributed by atoms with Gasteiger partial charge in [-0.3, -0.25) is 4.90 Å². The van der Waals surface area contributed by atoms with Crippen LogP contribution in [0.2, 0.25) is 4.34 Å². The highest BCUT2D eigenvalue weighted by atomic mass is 35.5. The maximum absolute atomic E-state index is 12.9. The number of piperidine rings is 1. The van der Waals surface area contributed by atoms with Gasteiger partial charge in [0.05, 0.1) is 4.34 Å².